The van der Waals surface area contributed by atoms with Crippen LogP contribution in [0, 0.1) is 0 Å². The lowest BCUT2D eigenvalue weighted by Gasteiger charge is -2.16. The van der Waals surface area contributed by atoms with Gasteiger partial charge in [0, 0.05) is 24.5 Å². The molecule has 3 rings (SSSR count). The summed E-state index contributed by atoms with van der Waals surface area (Å²) in [6.07, 6.45) is 16.5. The van der Waals surface area contributed by atoms with Gasteiger partial charge in [-0.15, -0.1) is 0 Å². The molecule has 0 fully saturated rings. The number of unbranched alkanes of at least 4 members (excludes halogenated alkanes) is 9. The number of nitrogens with zero attached hydrogens (tertiary/aromatic N) is 3. The molecule has 0 saturated carbocycles. The lowest BCUT2D eigenvalue weighted by atomic mass is 10.1. The summed E-state index contributed by atoms with van der Waals surface area (Å²) in [5, 5.41) is 3.10. The van der Waals surface area contributed by atoms with E-state index in [2.05, 4.69) is 33.9 Å². The van der Waals surface area contributed by atoms with Crippen LogP contribution in [0.3, 0.4) is 0 Å². The first-order valence-electron chi connectivity index (χ1n) is 12.4. The summed E-state index contributed by atoms with van der Waals surface area (Å²) in [7, 11) is 0. The van der Waals surface area contributed by atoms with Crippen LogP contribution in [0.2, 0.25) is 0 Å². The van der Waals surface area contributed by atoms with E-state index in [1.54, 1.807) is 24.5 Å². The van der Waals surface area contributed by atoms with Crippen LogP contribution in [0.25, 0.3) is 11.0 Å². The van der Waals surface area contributed by atoms with Gasteiger partial charge < -0.3 is 9.88 Å². The topological polar surface area (TPSA) is 59.8 Å². The Labute approximate surface area is 192 Å². The summed E-state index contributed by atoms with van der Waals surface area (Å²) < 4.78 is 2.29. The van der Waals surface area contributed by atoms with E-state index in [-0.39, 0.29) is 11.9 Å². The molecule has 0 aliphatic rings. The number of hydrogen-bond donors (Lipinski definition) is 1. The standard InChI is InChI=1S/C27H38N4O/c1-3-4-5-6-7-8-9-10-11-14-21-31-25-16-13-12-15-24(25)30-26(31)22(2)29-27(32)23-17-19-28-20-18-23/h12-13,15-20,22H,3-11,14,21H2,1-2H3,(H,29,32). The second-order valence-corrected chi connectivity index (χ2v) is 8.72. The predicted molar refractivity (Wildman–Crippen MR) is 132 cm³/mol. The third-order valence-corrected chi connectivity index (χ3v) is 6.10. The quantitative estimate of drug-likeness (QED) is 0.282. The molecule has 5 nitrogen and oxygen atoms in total. The zero-order chi connectivity index (χ0) is 22.6. The summed E-state index contributed by atoms with van der Waals surface area (Å²) >= 11 is 0. The third-order valence-electron chi connectivity index (χ3n) is 6.10. The maximum absolute atomic E-state index is 12.6. The van der Waals surface area contributed by atoms with Crippen LogP contribution in [0.1, 0.15) is 100 Å². The maximum Gasteiger partial charge on any atom is 0.251 e. The number of carbonyl (C=O) groups excluding carboxylic acids is 1. The van der Waals surface area contributed by atoms with Crippen LogP contribution >= 0.6 is 0 Å². The molecule has 5 heteroatoms. The van der Waals surface area contributed by atoms with E-state index < -0.39 is 0 Å². The predicted octanol–water partition coefficient (Wildman–Crippen LogP) is 6.84. The Morgan fingerprint density at radius 1 is 0.906 bits per heavy atom. The molecule has 0 saturated heterocycles. The summed E-state index contributed by atoms with van der Waals surface area (Å²) in [5.74, 6) is 0.821. The van der Waals surface area contributed by atoms with E-state index >= 15 is 0 Å². The van der Waals surface area contributed by atoms with E-state index in [9.17, 15) is 4.79 Å². The number of aromatic nitrogens is 3. The first-order valence-corrected chi connectivity index (χ1v) is 12.4. The summed E-state index contributed by atoms with van der Waals surface area (Å²) in [4.78, 5) is 21.5. The number of rotatable bonds is 14. The minimum atomic E-state index is -0.175. The van der Waals surface area contributed by atoms with Gasteiger partial charge in [0.15, 0.2) is 0 Å². The van der Waals surface area contributed by atoms with Crippen molar-refractivity contribution in [1.82, 2.24) is 19.9 Å². The molecule has 0 radical (unpaired) electrons. The fourth-order valence-corrected chi connectivity index (χ4v) is 4.26. The Balaban J connectivity index is 1.54. The van der Waals surface area contributed by atoms with Crippen LogP contribution in [0.15, 0.2) is 48.8 Å². The van der Waals surface area contributed by atoms with Crippen molar-refractivity contribution in [3.05, 3.63) is 60.2 Å². The number of pyridine rings is 1. The molecule has 0 bridgehead atoms. The molecule has 32 heavy (non-hydrogen) atoms. The van der Waals surface area contributed by atoms with Crippen molar-refractivity contribution in [3.8, 4) is 0 Å². The van der Waals surface area contributed by atoms with Crippen molar-refractivity contribution in [2.24, 2.45) is 0 Å². The molecule has 3 aromatic rings. The summed E-state index contributed by atoms with van der Waals surface area (Å²) in [6, 6.07) is 11.5. The molecular weight excluding hydrogens is 396 g/mol. The van der Waals surface area contributed by atoms with Gasteiger partial charge >= 0.3 is 0 Å². The SMILES string of the molecule is CCCCCCCCCCCCn1c(C(C)NC(=O)c2ccncc2)nc2ccccc21. The van der Waals surface area contributed by atoms with Crippen molar-refractivity contribution in [3.63, 3.8) is 0 Å². The fourth-order valence-electron chi connectivity index (χ4n) is 4.26. The zero-order valence-corrected chi connectivity index (χ0v) is 19.7. The average molecular weight is 435 g/mol. The molecule has 0 aliphatic carbocycles. The number of fused-ring (bicyclic) bond motifs is 1. The Kier molecular flexibility index (Phi) is 9.73. The molecule has 1 unspecified atom stereocenters. The van der Waals surface area contributed by atoms with Gasteiger partial charge in [-0.1, -0.05) is 76.8 Å². The number of carbonyl (C=O) groups is 1. The highest BCUT2D eigenvalue weighted by atomic mass is 16.1. The lowest BCUT2D eigenvalue weighted by molar-refractivity contribution is 0.0937. The number of benzene rings is 1. The van der Waals surface area contributed by atoms with Gasteiger partial charge in [-0.05, 0) is 37.6 Å². The van der Waals surface area contributed by atoms with Gasteiger partial charge in [-0.3, -0.25) is 9.78 Å². The molecule has 172 valence electrons. The molecule has 0 spiro atoms. The number of nitrogens with one attached hydrogen (secondary N) is 1. The lowest BCUT2D eigenvalue weighted by Crippen LogP contribution is -2.28. The number of aryl methyl sites for hydroxylation is 1. The van der Waals surface area contributed by atoms with E-state index in [4.69, 9.17) is 4.98 Å². The smallest absolute Gasteiger partial charge is 0.251 e. The maximum atomic E-state index is 12.6. The fraction of sp³-hybridized carbons (Fsp3) is 0.519. The molecule has 0 aliphatic heterocycles. The van der Waals surface area contributed by atoms with Crippen molar-refractivity contribution in [1.29, 1.82) is 0 Å². The second kappa shape index (κ2) is 13.0. The second-order valence-electron chi connectivity index (χ2n) is 8.72. The van der Waals surface area contributed by atoms with Crippen LogP contribution in [-0.2, 0) is 6.54 Å². The number of imidazole rings is 1. The Bertz CT molecular complexity index is 951. The zero-order valence-electron chi connectivity index (χ0n) is 19.7. The highest BCUT2D eigenvalue weighted by Gasteiger charge is 2.18. The number of para-hydroxylation sites is 2. The molecule has 2 heterocycles. The first-order chi connectivity index (χ1) is 15.7. The Morgan fingerprint density at radius 3 is 2.22 bits per heavy atom. The first kappa shape index (κ1) is 24.0. The van der Waals surface area contributed by atoms with Gasteiger partial charge in [-0.2, -0.15) is 0 Å². The van der Waals surface area contributed by atoms with Crippen molar-refractivity contribution < 1.29 is 4.79 Å². The average Bonchev–Trinajstić information content (AvgIpc) is 3.19. The third kappa shape index (κ3) is 6.91. The van der Waals surface area contributed by atoms with E-state index in [0.717, 1.165) is 29.8 Å². The van der Waals surface area contributed by atoms with Crippen molar-refractivity contribution in [2.45, 2.75) is 90.6 Å². The van der Waals surface area contributed by atoms with Gasteiger partial charge in [-0.25, -0.2) is 4.98 Å². The highest BCUT2D eigenvalue weighted by molar-refractivity contribution is 5.94. The molecule has 1 N–H and O–H groups in total. The molecule has 1 amide bonds. The van der Waals surface area contributed by atoms with Crippen LogP contribution < -0.4 is 5.32 Å². The van der Waals surface area contributed by atoms with Crippen LogP contribution in [0.5, 0.6) is 0 Å². The molecular formula is C27H38N4O. The van der Waals surface area contributed by atoms with Gasteiger partial charge in [0.05, 0.1) is 17.1 Å². The van der Waals surface area contributed by atoms with Gasteiger partial charge in [0.1, 0.15) is 5.82 Å². The summed E-state index contributed by atoms with van der Waals surface area (Å²) in [6.45, 7) is 5.21. The Hall–Kier alpha value is -2.69. The van der Waals surface area contributed by atoms with E-state index in [1.165, 1.54) is 57.8 Å². The monoisotopic (exact) mass is 434 g/mol. The van der Waals surface area contributed by atoms with Crippen LogP contribution in [-0.4, -0.2) is 20.4 Å². The number of hydrogen-bond acceptors (Lipinski definition) is 3. The van der Waals surface area contributed by atoms with Gasteiger partial charge in [0.25, 0.3) is 5.91 Å². The van der Waals surface area contributed by atoms with Crippen molar-refractivity contribution in [2.75, 3.05) is 0 Å². The minimum absolute atomic E-state index is 0.0996. The number of amides is 1. The van der Waals surface area contributed by atoms with Crippen LogP contribution in [0.4, 0.5) is 0 Å². The largest absolute Gasteiger partial charge is 0.342 e. The molecule has 1 aromatic carbocycles. The van der Waals surface area contributed by atoms with E-state index in [0.29, 0.717) is 5.56 Å². The normalized spacial score (nSPS) is 12.2. The minimum Gasteiger partial charge on any atom is -0.342 e. The Morgan fingerprint density at radius 2 is 1.53 bits per heavy atom. The highest BCUT2D eigenvalue weighted by Crippen LogP contribution is 2.22. The van der Waals surface area contributed by atoms with Crippen molar-refractivity contribution >= 4 is 16.9 Å². The van der Waals surface area contributed by atoms with E-state index in [1.807, 2.05) is 19.1 Å². The summed E-state index contributed by atoms with van der Waals surface area (Å²) in [5.41, 5.74) is 2.74. The molecule has 2 aromatic heterocycles. The van der Waals surface area contributed by atoms with Gasteiger partial charge in [0.2, 0.25) is 0 Å². The molecule has 1 atom stereocenters.